The molecular weight excluding hydrogens is 777 g/mol. The van der Waals surface area contributed by atoms with E-state index in [0.717, 1.165) is 5.56 Å². The van der Waals surface area contributed by atoms with Gasteiger partial charge in [-0.25, -0.2) is 22.9 Å². The third-order valence-corrected chi connectivity index (χ3v) is 11.5. The number of ether oxygens (including phenoxy) is 3. The maximum atomic E-state index is 14.6. The Morgan fingerprint density at radius 1 is 1.02 bits per heavy atom. The number of carbonyl (C=O) groups excluding carboxylic acids is 4. The Morgan fingerprint density at radius 3 is 2.34 bits per heavy atom. The number of pyridine rings is 1. The highest BCUT2D eigenvalue weighted by Crippen LogP contribution is 2.45. The summed E-state index contributed by atoms with van der Waals surface area (Å²) in [5.41, 5.74) is -0.447. The highest BCUT2D eigenvalue weighted by molar-refractivity contribution is 7.90. The van der Waals surface area contributed by atoms with Gasteiger partial charge in [0.05, 0.1) is 29.8 Å². The molecular formula is C43H50N6O9S. The molecule has 0 radical (unpaired) electrons. The molecule has 2 aliphatic rings. The molecule has 6 rings (SSSR count). The van der Waals surface area contributed by atoms with Crippen LogP contribution < -0.4 is 30.1 Å². The minimum atomic E-state index is -4.29. The molecule has 1 aliphatic heterocycles. The predicted octanol–water partition coefficient (Wildman–Crippen LogP) is 4.33. The Hall–Kier alpha value is -6.00. The SMILES string of the molecule is C=C[C@@H]1C[C@]1(NC(=O)[C@@H]1CC(Oc2cc(-c3ccccc3)nc3cc(OC)ccc23)CN1C(=O)[C@H](CCNC)NC(=O)OC(C)(C)C)C(=O)NS(=O)(=O)c1ccccc1. The van der Waals surface area contributed by atoms with Gasteiger partial charge in [-0.1, -0.05) is 54.6 Å². The molecule has 1 unspecified atom stereocenters. The van der Waals surface area contributed by atoms with E-state index in [2.05, 4.69) is 27.3 Å². The van der Waals surface area contributed by atoms with E-state index in [1.165, 1.54) is 35.2 Å². The second kappa shape index (κ2) is 17.5. The number of likely N-dealkylation sites (tertiary alicyclic amines) is 1. The van der Waals surface area contributed by atoms with Crippen LogP contribution in [0.3, 0.4) is 0 Å². The van der Waals surface area contributed by atoms with Gasteiger partial charge in [0.25, 0.3) is 15.9 Å². The monoisotopic (exact) mass is 826 g/mol. The van der Waals surface area contributed by atoms with Crippen LogP contribution in [0.1, 0.15) is 40.0 Å². The van der Waals surface area contributed by atoms with Gasteiger partial charge in [0.1, 0.15) is 40.8 Å². The first-order valence-corrected chi connectivity index (χ1v) is 20.8. The Labute approximate surface area is 343 Å². The average molecular weight is 827 g/mol. The molecule has 1 aromatic heterocycles. The summed E-state index contributed by atoms with van der Waals surface area (Å²) in [5.74, 6) is -1.77. The standard InChI is InChI=1S/C43H50N6O9S/c1-7-28-25-43(28,40(52)48-59(54,55)31-16-12-9-13-17-31)47-38(50)36-23-30(26-49(36)39(51)33(20-21-44-5)46-41(53)58-42(2,3)4)57-37-24-34(27-14-10-8-11-15-27)45-35-22-29(56-6)18-19-32(35)37/h7-19,22,24,28,30,33,36,44H,1,20-21,23,25-26H2,2-6H3,(H,46,53)(H,47,50)(H,48,52)/t28-,30?,33+,36+,43-/m1/s1. The minimum absolute atomic E-state index is 0.0117. The van der Waals surface area contributed by atoms with Crippen molar-refractivity contribution in [2.45, 2.75) is 74.3 Å². The van der Waals surface area contributed by atoms with Crippen molar-refractivity contribution < 1.29 is 41.8 Å². The Bertz CT molecular complexity index is 2320. The second-order valence-electron chi connectivity index (χ2n) is 15.6. The number of hydrogen-bond donors (Lipinski definition) is 4. The predicted molar refractivity (Wildman–Crippen MR) is 221 cm³/mol. The van der Waals surface area contributed by atoms with Crippen LogP contribution in [0.15, 0.2) is 102 Å². The van der Waals surface area contributed by atoms with Gasteiger partial charge < -0.3 is 35.1 Å². The third kappa shape index (κ3) is 9.83. The molecule has 4 amide bonds. The van der Waals surface area contributed by atoms with Crippen LogP contribution in [0.2, 0.25) is 0 Å². The lowest BCUT2D eigenvalue weighted by Crippen LogP contribution is -2.58. The molecule has 0 spiro atoms. The van der Waals surface area contributed by atoms with Gasteiger partial charge in [-0.3, -0.25) is 14.4 Å². The minimum Gasteiger partial charge on any atom is -0.497 e. The molecule has 1 saturated heterocycles. The van der Waals surface area contributed by atoms with Gasteiger partial charge >= 0.3 is 6.09 Å². The molecule has 3 aromatic carbocycles. The number of rotatable bonds is 15. The van der Waals surface area contributed by atoms with E-state index in [1.54, 1.807) is 59.2 Å². The summed E-state index contributed by atoms with van der Waals surface area (Å²) in [6.45, 7) is 9.17. The van der Waals surface area contributed by atoms with Gasteiger partial charge in [0, 0.05) is 35.4 Å². The maximum Gasteiger partial charge on any atom is 0.408 e. The molecule has 0 bridgehead atoms. The summed E-state index contributed by atoms with van der Waals surface area (Å²) in [6.07, 6.45) is 0.139. The molecule has 5 atom stereocenters. The highest BCUT2D eigenvalue weighted by Gasteiger charge is 2.61. The fraction of sp³-hybridized carbons (Fsp3) is 0.372. The summed E-state index contributed by atoms with van der Waals surface area (Å²) in [5, 5.41) is 9.13. The fourth-order valence-electron chi connectivity index (χ4n) is 7.12. The maximum absolute atomic E-state index is 14.6. The summed E-state index contributed by atoms with van der Waals surface area (Å²) in [6, 6.07) is 21.8. The zero-order valence-corrected chi connectivity index (χ0v) is 34.5. The molecule has 1 aliphatic carbocycles. The summed E-state index contributed by atoms with van der Waals surface area (Å²) in [4.78, 5) is 61.9. The van der Waals surface area contributed by atoms with Crippen LogP contribution in [-0.2, 0) is 29.1 Å². The second-order valence-corrected chi connectivity index (χ2v) is 17.3. The van der Waals surface area contributed by atoms with Crippen molar-refractivity contribution in [1.82, 2.24) is 30.6 Å². The van der Waals surface area contributed by atoms with Crippen molar-refractivity contribution in [2.24, 2.45) is 5.92 Å². The number of benzene rings is 3. The van der Waals surface area contributed by atoms with Crippen LogP contribution in [0.4, 0.5) is 4.79 Å². The molecule has 1 saturated carbocycles. The van der Waals surface area contributed by atoms with E-state index >= 15 is 0 Å². The first kappa shape index (κ1) is 42.6. The normalized spacial score (nSPS) is 20.6. The van der Waals surface area contributed by atoms with Crippen LogP contribution in [0.25, 0.3) is 22.2 Å². The summed E-state index contributed by atoms with van der Waals surface area (Å²) >= 11 is 0. The van der Waals surface area contributed by atoms with Gasteiger partial charge in [0.15, 0.2) is 0 Å². The number of nitrogens with one attached hydrogen (secondary N) is 4. The van der Waals surface area contributed by atoms with E-state index in [1.807, 2.05) is 36.4 Å². The topological polar surface area (TPSA) is 194 Å². The van der Waals surface area contributed by atoms with Crippen LogP contribution >= 0.6 is 0 Å². The summed E-state index contributed by atoms with van der Waals surface area (Å²) in [7, 11) is -1.02. The van der Waals surface area contributed by atoms with Crippen molar-refractivity contribution in [3.05, 3.63) is 97.6 Å². The molecule has 4 aromatic rings. The van der Waals surface area contributed by atoms with Crippen molar-refractivity contribution in [2.75, 3.05) is 27.2 Å². The molecule has 312 valence electrons. The van der Waals surface area contributed by atoms with Gasteiger partial charge in [0.2, 0.25) is 11.8 Å². The fourth-order valence-corrected chi connectivity index (χ4v) is 8.18. The number of hydrogen-bond acceptors (Lipinski definition) is 11. The van der Waals surface area contributed by atoms with E-state index in [9.17, 15) is 27.6 Å². The average Bonchev–Trinajstić information content (AvgIpc) is 3.77. The van der Waals surface area contributed by atoms with E-state index < -0.39 is 69.1 Å². The molecule has 15 nitrogen and oxygen atoms in total. The van der Waals surface area contributed by atoms with Crippen LogP contribution in [0.5, 0.6) is 11.5 Å². The first-order chi connectivity index (χ1) is 28.1. The Balaban J connectivity index is 1.33. The highest BCUT2D eigenvalue weighted by atomic mass is 32.2. The Kier molecular flexibility index (Phi) is 12.6. The zero-order chi connectivity index (χ0) is 42.5. The van der Waals surface area contributed by atoms with Gasteiger partial charge in [-0.15, -0.1) is 6.58 Å². The number of amides is 4. The van der Waals surface area contributed by atoms with Gasteiger partial charge in [-0.05, 0) is 71.5 Å². The van der Waals surface area contributed by atoms with Crippen molar-refractivity contribution >= 4 is 44.7 Å². The van der Waals surface area contributed by atoms with Gasteiger partial charge in [-0.2, -0.15) is 0 Å². The van der Waals surface area contributed by atoms with Crippen LogP contribution in [0, 0.1) is 5.92 Å². The van der Waals surface area contributed by atoms with E-state index in [4.69, 9.17) is 19.2 Å². The van der Waals surface area contributed by atoms with Crippen molar-refractivity contribution in [1.29, 1.82) is 0 Å². The number of sulfonamides is 1. The number of fused-ring (bicyclic) bond motifs is 1. The quantitative estimate of drug-likeness (QED) is 0.125. The lowest BCUT2D eigenvalue weighted by molar-refractivity contribution is -0.141. The number of methoxy groups -OCH3 is 1. The Morgan fingerprint density at radius 2 is 1.71 bits per heavy atom. The molecule has 59 heavy (non-hydrogen) atoms. The number of carbonyl (C=O) groups is 4. The smallest absolute Gasteiger partial charge is 0.408 e. The molecule has 2 heterocycles. The number of alkyl carbamates (subject to hydrolysis) is 1. The van der Waals surface area contributed by atoms with E-state index in [-0.39, 0.29) is 30.7 Å². The molecule has 2 fully saturated rings. The third-order valence-electron chi connectivity index (χ3n) is 10.2. The molecule has 16 heteroatoms. The van der Waals surface area contributed by atoms with E-state index in [0.29, 0.717) is 34.6 Å². The van der Waals surface area contributed by atoms with Crippen molar-refractivity contribution in [3.63, 3.8) is 0 Å². The van der Waals surface area contributed by atoms with Crippen molar-refractivity contribution in [3.8, 4) is 22.8 Å². The number of nitrogens with zero attached hydrogens (tertiary/aromatic N) is 2. The zero-order valence-electron chi connectivity index (χ0n) is 33.7. The number of aromatic nitrogens is 1. The molecule has 4 N–H and O–H groups in total. The summed E-state index contributed by atoms with van der Waals surface area (Å²) < 4.78 is 46.1. The van der Waals surface area contributed by atoms with Crippen LogP contribution in [-0.4, -0.2) is 98.7 Å². The lowest BCUT2D eigenvalue weighted by atomic mass is 10.1. The largest absolute Gasteiger partial charge is 0.497 e. The first-order valence-electron chi connectivity index (χ1n) is 19.3. The lowest BCUT2D eigenvalue weighted by Gasteiger charge is -2.30.